The molecule has 152 valence electrons. The fourth-order valence-electron chi connectivity index (χ4n) is 3.21. The normalized spacial score (nSPS) is 13.6. The topological polar surface area (TPSA) is 78.4 Å². The summed E-state index contributed by atoms with van der Waals surface area (Å²) in [4.78, 5) is 36.7. The Hall–Kier alpha value is -3.45. The van der Waals surface area contributed by atoms with Crippen molar-refractivity contribution in [3.63, 3.8) is 0 Å². The molecule has 0 aliphatic carbocycles. The van der Waals surface area contributed by atoms with Gasteiger partial charge in [-0.3, -0.25) is 14.7 Å². The number of amides is 3. The third-order valence-electron chi connectivity index (χ3n) is 4.84. The molecule has 1 aliphatic heterocycles. The van der Waals surface area contributed by atoms with E-state index >= 15 is 0 Å². The lowest BCUT2D eigenvalue weighted by molar-refractivity contribution is 0.0950. The van der Waals surface area contributed by atoms with Crippen LogP contribution in [0.3, 0.4) is 0 Å². The van der Waals surface area contributed by atoms with Crippen LogP contribution in [-0.2, 0) is 13.1 Å². The van der Waals surface area contributed by atoms with Gasteiger partial charge in [0.05, 0.1) is 5.56 Å². The fraction of sp³-hybridized carbons (Fsp3) is 0.182. The van der Waals surface area contributed by atoms with Gasteiger partial charge < -0.3 is 10.2 Å². The number of hydrogen-bond acceptors (Lipinski definition) is 4. The van der Waals surface area contributed by atoms with E-state index < -0.39 is 0 Å². The van der Waals surface area contributed by atoms with Crippen LogP contribution in [0.2, 0.25) is 5.02 Å². The molecule has 4 rings (SSSR count). The van der Waals surface area contributed by atoms with E-state index in [4.69, 9.17) is 11.6 Å². The molecular formula is C22H20ClN5O2. The van der Waals surface area contributed by atoms with Gasteiger partial charge in [0.1, 0.15) is 5.82 Å². The molecule has 8 heteroatoms. The molecule has 0 bridgehead atoms. The minimum absolute atomic E-state index is 0.0740. The second kappa shape index (κ2) is 8.92. The number of hydrogen-bond donors (Lipinski definition) is 1. The first-order valence-electron chi connectivity index (χ1n) is 9.54. The zero-order valence-corrected chi connectivity index (χ0v) is 16.9. The van der Waals surface area contributed by atoms with E-state index in [1.165, 1.54) is 6.20 Å². The third-order valence-corrected chi connectivity index (χ3v) is 5.10. The van der Waals surface area contributed by atoms with Crippen molar-refractivity contribution < 1.29 is 9.59 Å². The largest absolute Gasteiger partial charge is 0.348 e. The Morgan fingerprint density at radius 2 is 1.83 bits per heavy atom. The SMILES string of the molecule is O=C(NCc1ccc(N2CCN(Cc3ccc(Cl)cc3)C2=O)nc1)c1cccnc1. The van der Waals surface area contributed by atoms with Gasteiger partial charge in [-0.1, -0.05) is 29.8 Å². The molecule has 1 saturated heterocycles. The molecule has 0 radical (unpaired) electrons. The predicted molar refractivity (Wildman–Crippen MR) is 114 cm³/mol. The summed E-state index contributed by atoms with van der Waals surface area (Å²) in [7, 11) is 0. The number of carbonyl (C=O) groups excluding carboxylic acids is 2. The highest BCUT2D eigenvalue weighted by molar-refractivity contribution is 6.30. The highest BCUT2D eigenvalue weighted by Gasteiger charge is 2.30. The lowest BCUT2D eigenvalue weighted by Gasteiger charge is -2.18. The first-order valence-corrected chi connectivity index (χ1v) is 9.92. The Balaban J connectivity index is 1.34. The number of carbonyl (C=O) groups is 2. The summed E-state index contributed by atoms with van der Waals surface area (Å²) in [5, 5.41) is 3.51. The molecule has 0 spiro atoms. The second-order valence-corrected chi connectivity index (χ2v) is 7.37. The molecule has 1 fully saturated rings. The molecule has 0 atom stereocenters. The molecular weight excluding hydrogens is 402 g/mol. The first kappa shape index (κ1) is 19.8. The summed E-state index contributed by atoms with van der Waals surface area (Å²) in [5.74, 6) is 0.403. The van der Waals surface area contributed by atoms with Crippen LogP contribution in [0.4, 0.5) is 10.6 Å². The summed E-state index contributed by atoms with van der Waals surface area (Å²) >= 11 is 5.92. The van der Waals surface area contributed by atoms with Crippen molar-refractivity contribution in [3.8, 4) is 0 Å². The average Bonchev–Trinajstić information content (AvgIpc) is 3.14. The van der Waals surface area contributed by atoms with Crippen LogP contribution >= 0.6 is 11.6 Å². The van der Waals surface area contributed by atoms with E-state index in [1.807, 2.05) is 30.3 Å². The zero-order chi connectivity index (χ0) is 20.9. The van der Waals surface area contributed by atoms with Gasteiger partial charge in [0.25, 0.3) is 5.91 Å². The maximum Gasteiger partial charge on any atom is 0.326 e. The highest BCUT2D eigenvalue weighted by Crippen LogP contribution is 2.20. The third kappa shape index (κ3) is 4.58. The Labute approximate surface area is 179 Å². The minimum atomic E-state index is -0.195. The van der Waals surface area contributed by atoms with Gasteiger partial charge in [-0.15, -0.1) is 0 Å². The quantitative estimate of drug-likeness (QED) is 0.660. The lowest BCUT2D eigenvalue weighted by Crippen LogP contribution is -2.32. The number of aromatic nitrogens is 2. The number of urea groups is 1. The number of halogens is 1. The van der Waals surface area contributed by atoms with Crippen molar-refractivity contribution in [2.75, 3.05) is 18.0 Å². The van der Waals surface area contributed by atoms with E-state index in [0.29, 0.717) is 42.6 Å². The molecule has 3 heterocycles. The molecule has 0 saturated carbocycles. The van der Waals surface area contributed by atoms with Crippen LogP contribution < -0.4 is 10.2 Å². The molecule has 0 unspecified atom stereocenters. The maximum atomic E-state index is 12.8. The summed E-state index contributed by atoms with van der Waals surface area (Å²) in [6.07, 6.45) is 4.81. The summed E-state index contributed by atoms with van der Waals surface area (Å²) in [6.45, 7) is 2.09. The number of benzene rings is 1. The number of nitrogens with one attached hydrogen (secondary N) is 1. The van der Waals surface area contributed by atoms with Crippen LogP contribution in [0.25, 0.3) is 0 Å². The van der Waals surface area contributed by atoms with E-state index in [2.05, 4.69) is 15.3 Å². The maximum absolute atomic E-state index is 12.8. The second-order valence-electron chi connectivity index (χ2n) is 6.93. The zero-order valence-electron chi connectivity index (χ0n) is 16.2. The van der Waals surface area contributed by atoms with Crippen molar-refractivity contribution >= 4 is 29.4 Å². The van der Waals surface area contributed by atoms with Crippen molar-refractivity contribution in [1.82, 2.24) is 20.2 Å². The van der Waals surface area contributed by atoms with Crippen LogP contribution in [0.15, 0.2) is 67.1 Å². The minimum Gasteiger partial charge on any atom is -0.348 e. The van der Waals surface area contributed by atoms with Crippen LogP contribution in [0.1, 0.15) is 21.5 Å². The van der Waals surface area contributed by atoms with E-state index in [1.54, 1.807) is 40.4 Å². The van der Waals surface area contributed by atoms with Crippen LogP contribution in [0, 0.1) is 0 Å². The van der Waals surface area contributed by atoms with Gasteiger partial charge >= 0.3 is 6.03 Å². The summed E-state index contributed by atoms with van der Waals surface area (Å²) in [5.41, 5.74) is 2.38. The molecule has 2 aromatic heterocycles. The standard InChI is InChI=1S/C22H20ClN5O2/c23-19-6-3-16(4-7-19)15-27-10-11-28(22(27)30)20-8-5-17(12-25-20)13-26-21(29)18-2-1-9-24-14-18/h1-9,12,14H,10-11,13,15H2,(H,26,29). The monoisotopic (exact) mass is 421 g/mol. The fourth-order valence-corrected chi connectivity index (χ4v) is 3.34. The molecule has 3 amide bonds. The predicted octanol–water partition coefficient (Wildman–Crippen LogP) is 3.50. The number of nitrogens with zero attached hydrogens (tertiary/aromatic N) is 4. The smallest absolute Gasteiger partial charge is 0.326 e. The van der Waals surface area contributed by atoms with Crippen molar-refractivity contribution in [2.24, 2.45) is 0 Å². The van der Waals surface area contributed by atoms with E-state index in [9.17, 15) is 9.59 Å². The van der Waals surface area contributed by atoms with Gasteiger partial charge in [-0.2, -0.15) is 0 Å². The Morgan fingerprint density at radius 1 is 1.03 bits per heavy atom. The summed E-state index contributed by atoms with van der Waals surface area (Å²) in [6, 6.07) is 14.5. The highest BCUT2D eigenvalue weighted by atomic mass is 35.5. The van der Waals surface area contributed by atoms with Crippen molar-refractivity contribution in [1.29, 1.82) is 0 Å². The number of anilines is 1. The first-order chi connectivity index (χ1) is 14.6. The summed E-state index contributed by atoms with van der Waals surface area (Å²) < 4.78 is 0. The van der Waals surface area contributed by atoms with Gasteiger partial charge in [-0.25, -0.2) is 9.78 Å². The molecule has 1 N–H and O–H groups in total. The van der Waals surface area contributed by atoms with E-state index in [-0.39, 0.29) is 11.9 Å². The molecule has 30 heavy (non-hydrogen) atoms. The van der Waals surface area contributed by atoms with Crippen LogP contribution in [-0.4, -0.2) is 39.9 Å². The Bertz CT molecular complexity index is 1030. The number of pyridine rings is 2. The molecule has 3 aromatic rings. The van der Waals surface area contributed by atoms with E-state index in [0.717, 1.165) is 11.1 Å². The van der Waals surface area contributed by atoms with Gasteiger partial charge in [0.2, 0.25) is 0 Å². The number of rotatable bonds is 6. The van der Waals surface area contributed by atoms with Gasteiger partial charge in [0, 0.05) is 49.8 Å². The van der Waals surface area contributed by atoms with Gasteiger partial charge in [0.15, 0.2) is 0 Å². The Kier molecular flexibility index (Phi) is 5.90. The lowest BCUT2D eigenvalue weighted by atomic mass is 10.2. The molecule has 1 aliphatic rings. The molecule has 1 aromatic carbocycles. The van der Waals surface area contributed by atoms with Crippen molar-refractivity contribution in [3.05, 3.63) is 88.8 Å². The average molecular weight is 422 g/mol. The van der Waals surface area contributed by atoms with Crippen LogP contribution in [0.5, 0.6) is 0 Å². The Morgan fingerprint density at radius 3 is 2.53 bits per heavy atom. The van der Waals surface area contributed by atoms with Crippen molar-refractivity contribution in [2.45, 2.75) is 13.1 Å². The van der Waals surface area contributed by atoms with Gasteiger partial charge in [-0.05, 0) is 41.5 Å². The molecule has 7 nitrogen and oxygen atoms in total.